The van der Waals surface area contributed by atoms with E-state index in [2.05, 4.69) is 4.74 Å². The average molecular weight is 503 g/mol. The number of carboxylic acids is 1. The smallest absolute Gasteiger partial charge is 0.412 e. The van der Waals surface area contributed by atoms with Crippen molar-refractivity contribution in [3.05, 3.63) is 82.4 Å². The van der Waals surface area contributed by atoms with Gasteiger partial charge in [0.25, 0.3) is 0 Å². The SMILES string of the molecule is CC1(C)C(C=C(Cl)C(F)(F)OCC(F)(F)F)C1(Cc1cccc(Cc2ccccc2)c1)C(=O)O. The molecule has 184 valence electrons. The van der Waals surface area contributed by atoms with Crippen LogP contribution in [-0.4, -0.2) is 30.0 Å². The van der Waals surface area contributed by atoms with Gasteiger partial charge in [-0.1, -0.05) is 86.1 Å². The Kier molecular flexibility index (Phi) is 7.16. The van der Waals surface area contributed by atoms with Gasteiger partial charge in [0.1, 0.15) is 11.6 Å². The molecule has 9 heteroatoms. The van der Waals surface area contributed by atoms with Crippen LogP contribution in [0.3, 0.4) is 0 Å². The number of carbonyl (C=O) groups is 1. The van der Waals surface area contributed by atoms with E-state index in [0.29, 0.717) is 12.0 Å². The molecular weight excluding hydrogens is 479 g/mol. The van der Waals surface area contributed by atoms with E-state index in [-0.39, 0.29) is 6.42 Å². The van der Waals surface area contributed by atoms with Crippen LogP contribution in [0.15, 0.2) is 65.7 Å². The molecule has 3 rings (SSSR count). The van der Waals surface area contributed by atoms with Gasteiger partial charge in [-0.05, 0) is 34.9 Å². The molecule has 0 aromatic heterocycles. The number of ether oxygens (including phenoxy) is 1. The third-order valence-corrected chi connectivity index (χ3v) is 6.84. The third-order valence-electron chi connectivity index (χ3n) is 6.49. The summed E-state index contributed by atoms with van der Waals surface area (Å²) in [5.41, 5.74) is 0.302. The molecule has 2 unspecified atom stereocenters. The van der Waals surface area contributed by atoms with Gasteiger partial charge in [0.2, 0.25) is 0 Å². The number of benzene rings is 2. The lowest BCUT2D eigenvalue weighted by Crippen LogP contribution is -2.29. The first-order chi connectivity index (χ1) is 15.7. The highest BCUT2D eigenvalue weighted by molar-refractivity contribution is 6.30. The minimum Gasteiger partial charge on any atom is -0.481 e. The van der Waals surface area contributed by atoms with Gasteiger partial charge in [-0.25, -0.2) is 0 Å². The molecule has 1 saturated carbocycles. The van der Waals surface area contributed by atoms with Gasteiger partial charge in [0.15, 0.2) is 0 Å². The Morgan fingerprint density at radius 3 is 2.21 bits per heavy atom. The number of hydrogen-bond donors (Lipinski definition) is 1. The van der Waals surface area contributed by atoms with Crippen molar-refractivity contribution < 1.29 is 36.6 Å². The van der Waals surface area contributed by atoms with Crippen LogP contribution in [0, 0.1) is 16.7 Å². The Bertz CT molecular complexity index is 1070. The molecule has 2 aromatic rings. The van der Waals surface area contributed by atoms with Crippen LogP contribution in [0.5, 0.6) is 0 Å². The molecule has 0 saturated heterocycles. The maximum absolute atomic E-state index is 14.1. The van der Waals surface area contributed by atoms with E-state index in [1.165, 1.54) is 0 Å². The number of aliphatic carboxylic acids is 1. The number of allylic oxidation sites excluding steroid dienone is 1. The molecule has 34 heavy (non-hydrogen) atoms. The number of hydrogen-bond acceptors (Lipinski definition) is 2. The molecule has 0 spiro atoms. The lowest BCUT2D eigenvalue weighted by atomic mass is 9.87. The molecule has 1 aliphatic rings. The second-order valence-electron chi connectivity index (χ2n) is 9.07. The first kappa shape index (κ1) is 26.2. The van der Waals surface area contributed by atoms with E-state index >= 15 is 0 Å². The summed E-state index contributed by atoms with van der Waals surface area (Å²) in [7, 11) is 0. The van der Waals surface area contributed by atoms with Crippen LogP contribution in [-0.2, 0) is 22.4 Å². The van der Waals surface area contributed by atoms with Gasteiger partial charge >= 0.3 is 18.3 Å². The van der Waals surface area contributed by atoms with Gasteiger partial charge in [0.05, 0.1) is 5.41 Å². The molecule has 0 heterocycles. The van der Waals surface area contributed by atoms with E-state index in [9.17, 15) is 31.9 Å². The van der Waals surface area contributed by atoms with Crippen LogP contribution in [0.4, 0.5) is 22.0 Å². The van der Waals surface area contributed by atoms with Crippen LogP contribution in [0.2, 0.25) is 0 Å². The highest BCUT2D eigenvalue weighted by Crippen LogP contribution is 2.71. The molecule has 0 radical (unpaired) electrons. The minimum atomic E-state index is -4.96. The van der Waals surface area contributed by atoms with Crippen molar-refractivity contribution in [1.82, 2.24) is 0 Å². The zero-order valence-electron chi connectivity index (χ0n) is 18.5. The van der Waals surface area contributed by atoms with Crippen molar-refractivity contribution in [2.75, 3.05) is 6.61 Å². The molecule has 1 fully saturated rings. The van der Waals surface area contributed by atoms with E-state index in [0.717, 1.165) is 17.2 Å². The predicted molar refractivity (Wildman–Crippen MR) is 118 cm³/mol. The topological polar surface area (TPSA) is 46.5 Å². The standard InChI is InChI=1S/C25H24ClF5O3/c1-22(2)19(13-20(26)25(30,31)34-15-24(27,28)29)23(22,21(32)33)14-18-10-6-9-17(12-18)11-16-7-4-3-5-8-16/h3-10,12-13,19H,11,14-15H2,1-2H3,(H,32,33). The predicted octanol–water partition coefficient (Wildman–Crippen LogP) is 6.84. The quantitative estimate of drug-likeness (QED) is 0.382. The molecule has 2 atom stereocenters. The number of rotatable bonds is 9. The summed E-state index contributed by atoms with van der Waals surface area (Å²) < 4.78 is 68.7. The molecule has 2 aromatic carbocycles. The highest BCUT2D eigenvalue weighted by Gasteiger charge is 2.74. The summed E-state index contributed by atoms with van der Waals surface area (Å²) in [5, 5.41) is 8.79. The Hall–Kier alpha value is -2.45. The summed E-state index contributed by atoms with van der Waals surface area (Å²) in [5.74, 6) is -2.14. The van der Waals surface area contributed by atoms with Crippen LogP contribution in [0.1, 0.15) is 30.5 Å². The Morgan fingerprint density at radius 2 is 1.62 bits per heavy atom. The van der Waals surface area contributed by atoms with Crippen LogP contribution < -0.4 is 0 Å². The first-order valence-electron chi connectivity index (χ1n) is 10.5. The fraction of sp³-hybridized carbons (Fsp3) is 0.400. The molecular formula is C25H24ClF5O3. The van der Waals surface area contributed by atoms with E-state index in [1.54, 1.807) is 26.0 Å². The van der Waals surface area contributed by atoms with Crippen molar-refractivity contribution in [2.24, 2.45) is 16.7 Å². The fourth-order valence-corrected chi connectivity index (χ4v) is 4.74. The number of carboxylic acid groups (broad SMARTS) is 1. The summed E-state index contributed by atoms with van der Waals surface area (Å²) in [6, 6.07) is 17.0. The lowest BCUT2D eigenvalue weighted by molar-refractivity contribution is -0.267. The van der Waals surface area contributed by atoms with Crippen molar-refractivity contribution in [1.29, 1.82) is 0 Å². The largest absolute Gasteiger partial charge is 0.481 e. The van der Waals surface area contributed by atoms with Gasteiger partial charge in [-0.15, -0.1) is 0 Å². The highest BCUT2D eigenvalue weighted by atomic mass is 35.5. The maximum atomic E-state index is 14.1. The zero-order chi connectivity index (χ0) is 25.4. The summed E-state index contributed by atoms with van der Waals surface area (Å²) in [4.78, 5) is 12.3. The van der Waals surface area contributed by atoms with Gasteiger partial charge in [-0.2, -0.15) is 22.0 Å². The summed E-state index contributed by atoms with van der Waals surface area (Å²) in [6.07, 6.45) is -7.86. The first-order valence-corrected chi connectivity index (χ1v) is 10.9. The van der Waals surface area contributed by atoms with Gasteiger partial charge < -0.3 is 9.84 Å². The molecule has 3 nitrogen and oxygen atoms in total. The Balaban J connectivity index is 1.84. The average Bonchev–Trinajstić information content (AvgIpc) is 3.21. The minimum absolute atomic E-state index is 0.0400. The van der Waals surface area contributed by atoms with Crippen molar-refractivity contribution in [3.8, 4) is 0 Å². The van der Waals surface area contributed by atoms with E-state index in [1.807, 2.05) is 42.5 Å². The Labute approximate surface area is 199 Å². The fourth-order valence-electron chi connectivity index (χ4n) is 4.56. The van der Waals surface area contributed by atoms with Crippen molar-refractivity contribution >= 4 is 17.6 Å². The Morgan fingerprint density at radius 1 is 1.03 bits per heavy atom. The second kappa shape index (κ2) is 9.30. The van der Waals surface area contributed by atoms with E-state index in [4.69, 9.17) is 11.6 Å². The van der Waals surface area contributed by atoms with Gasteiger partial charge in [-0.3, -0.25) is 4.79 Å². The third kappa shape index (κ3) is 5.44. The molecule has 0 amide bonds. The van der Waals surface area contributed by atoms with Crippen molar-refractivity contribution in [3.63, 3.8) is 0 Å². The van der Waals surface area contributed by atoms with Gasteiger partial charge in [0, 0.05) is 5.92 Å². The van der Waals surface area contributed by atoms with Crippen LogP contribution in [0.25, 0.3) is 0 Å². The number of halogens is 6. The summed E-state index contributed by atoms with van der Waals surface area (Å²) >= 11 is 5.64. The molecule has 0 bridgehead atoms. The summed E-state index contributed by atoms with van der Waals surface area (Å²) in [6.45, 7) is 1.03. The monoisotopic (exact) mass is 502 g/mol. The lowest BCUT2D eigenvalue weighted by Gasteiger charge is -2.18. The maximum Gasteiger partial charge on any atom is 0.412 e. The van der Waals surface area contributed by atoms with Crippen molar-refractivity contribution in [2.45, 2.75) is 39.0 Å². The normalized spacial score (nSPS) is 22.5. The number of alkyl halides is 5. The second-order valence-corrected chi connectivity index (χ2v) is 9.48. The molecule has 1 aliphatic carbocycles. The molecule has 0 aliphatic heterocycles. The zero-order valence-corrected chi connectivity index (χ0v) is 19.3. The van der Waals surface area contributed by atoms with Crippen LogP contribution >= 0.6 is 11.6 Å². The molecule has 1 N–H and O–H groups in total. The van der Waals surface area contributed by atoms with E-state index < -0.39 is 46.6 Å².